The van der Waals surface area contributed by atoms with Gasteiger partial charge < -0.3 is 9.26 Å². The number of morpholine rings is 1. The molecule has 1 aromatic rings. The summed E-state index contributed by atoms with van der Waals surface area (Å²) in [5.41, 5.74) is 0. The zero-order valence-corrected chi connectivity index (χ0v) is 11.8. The van der Waals surface area contributed by atoms with Crippen LogP contribution >= 0.6 is 0 Å². The molecule has 6 heteroatoms. The van der Waals surface area contributed by atoms with E-state index in [4.69, 9.17) is 9.26 Å². The Morgan fingerprint density at radius 2 is 2.32 bits per heavy atom. The second-order valence-electron chi connectivity index (χ2n) is 4.81. The van der Waals surface area contributed by atoms with E-state index in [0.717, 1.165) is 19.6 Å². The average Bonchev–Trinajstić information content (AvgIpc) is 2.89. The monoisotopic (exact) mass is 267 g/mol. The van der Waals surface area contributed by atoms with E-state index < -0.39 is 0 Å². The highest BCUT2D eigenvalue weighted by Crippen LogP contribution is 2.23. The molecular formula is C13H21N3O3. The van der Waals surface area contributed by atoms with Gasteiger partial charge in [0.1, 0.15) is 11.9 Å². The fraction of sp³-hybridized carbons (Fsp3) is 0.769. The molecule has 0 spiro atoms. The van der Waals surface area contributed by atoms with E-state index in [0.29, 0.717) is 24.7 Å². The molecule has 2 atom stereocenters. The summed E-state index contributed by atoms with van der Waals surface area (Å²) in [4.78, 5) is 18.1. The Bertz CT molecular complexity index is 433. The Morgan fingerprint density at radius 3 is 2.95 bits per heavy atom. The van der Waals surface area contributed by atoms with Crippen molar-refractivity contribution in [2.45, 2.75) is 39.2 Å². The van der Waals surface area contributed by atoms with Crippen LogP contribution in [0, 0.1) is 0 Å². The van der Waals surface area contributed by atoms with Gasteiger partial charge in [-0.2, -0.15) is 4.98 Å². The minimum atomic E-state index is -0.299. The summed E-state index contributed by atoms with van der Waals surface area (Å²) in [6.07, 6.45) is 0.513. The number of aromatic nitrogens is 2. The summed E-state index contributed by atoms with van der Waals surface area (Å²) in [5.74, 6) is 0.708. The lowest BCUT2D eigenvalue weighted by atomic mass is 10.0. The molecule has 0 aliphatic carbocycles. The molecule has 0 radical (unpaired) electrons. The lowest BCUT2D eigenvalue weighted by Crippen LogP contribution is -2.38. The first-order valence-electron chi connectivity index (χ1n) is 6.83. The SMILES string of the molecule is CCC(C(C)=O)c1nc(C2CN(CC)CCO2)no1. The molecule has 0 aromatic carbocycles. The highest BCUT2D eigenvalue weighted by molar-refractivity contribution is 5.82. The smallest absolute Gasteiger partial charge is 0.237 e. The van der Waals surface area contributed by atoms with Crippen LogP contribution in [0.25, 0.3) is 0 Å². The Hall–Kier alpha value is -1.27. The Morgan fingerprint density at radius 1 is 1.53 bits per heavy atom. The third kappa shape index (κ3) is 3.19. The number of carbonyl (C=O) groups is 1. The topological polar surface area (TPSA) is 68.5 Å². The van der Waals surface area contributed by atoms with Crippen LogP contribution in [0.1, 0.15) is 50.9 Å². The quantitative estimate of drug-likeness (QED) is 0.806. The molecule has 2 heterocycles. The summed E-state index contributed by atoms with van der Waals surface area (Å²) in [5, 5.41) is 3.97. The molecule has 1 fully saturated rings. The summed E-state index contributed by atoms with van der Waals surface area (Å²) in [7, 11) is 0. The number of ether oxygens (including phenoxy) is 1. The van der Waals surface area contributed by atoms with Gasteiger partial charge in [-0.1, -0.05) is 19.0 Å². The maximum absolute atomic E-state index is 11.5. The molecule has 1 aromatic heterocycles. The molecule has 0 bridgehead atoms. The fourth-order valence-corrected chi connectivity index (χ4v) is 2.30. The maximum atomic E-state index is 11.5. The van der Waals surface area contributed by atoms with Crippen LogP contribution in [0.5, 0.6) is 0 Å². The van der Waals surface area contributed by atoms with Crippen LogP contribution in [-0.2, 0) is 9.53 Å². The van der Waals surface area contributed by atoms with Crippen LogP contribution in [-0.4, -0.2) is 47.1 Å². The van der Waals surface area contributed by atoms with Crippen molar-refractivity contribution in [1.82, 2.24) is 15.0 Å². The normalized spacial score (nSPS) is 22.4. The summed E-state index contributed by atoms with van der Waals surface area (Å²) in [6.45, 7) is 8.96. The van der Waals surface area contributed by atoms with E-state index in [1.54, 1.807) is 6.92 Å². The number of likely N-dealkylation sites (N-methyl/N-ethyl adjacent to an activating group) is 1. The number of Topliss-reactive ketones (excluding diaryl/α,β-unsaturated/α-hetero) is 1. The predicted octanol–water partition coefficient (Wildman–Crippen LogP) is 1.55. The molecule has 106 valence electrons. The van der Waals surface area contributed by atoms with E-state index in [1.165, 1.54) is 0 Å². The highest BCUT2D eigenvalue weighted by Gasteiger charge is 2.28. The van der Waals surface area contributed by atoms with Crippen molar-refractivity contribution in [3.05, 3.63) is 11.7 Å². The lowest BCUT2D eigenvalue weighted by Gasteiger charge is -2.30. The molecule has 1 aliphatic heterocycles. The Labute approximate surface area is 113 Å². The maximum Gasteiger partial charge on any atom is 0.237 e. The largest absolute Gasteiger partial charge is 0.367 e. The molecule has 0 amide bonds. The molecule has 1 aliphatic rings. The lowest BCUT2D eigenvalue weighted by molar-refractivity contribution is -0.119. The van der Waals surface area contributed by atoms with Crippen molar-refractivity contribution in [2.75, 3.05) is 26.2 Å². The first kappa shape index (κ1) is 14.1. The number of hydrogen-bond donors (Lipinski definition) is 0. The number of ketones is 1. The molecule has 2 rings (SSSR count). The van der Waals surface area contributed by atoms with Crippen molar-refractivity contribution >= 4 is 5.78 Å². The molecule has 1 saturated heterocycles. The minimum absolute atomic E-state index is 0.0532. The van der Waals surface area contributed by atoms with E-state index in [9.17, 15) is 4.79 Å². The van der Waals surface area contributed by atoms with Gasteiger partial charge in [0.15, 0.2) is 0 Å². The molecule has 0 N–H and O–H groups in total. The highest BCUT2D eigenvalue weighted by atomic mass is 16.5. The van der Waals surface area contributed by atoms with Gasteiger partial charge in [-0.25, -0.2) is 0 Å². The van der Waals surface area contributed by atoms with Gasteiger partial charge in [0.25, 0.3) is 0 Å². The Kier molecular flexibility index (Phi) is 4.66. The van der Waals surface area contributed by atoms with Gasteiger partial charge >= 0.3 is 0 Å². The standard InChI is InChI=1S/C13H21N3O3/c1-4-10(9(3)17)13-14-12(15-19-13)11-8-16(5-2)6-7-18-11/h10-11H,4-8H2,1-3H3. The van der Waals surface area contributed by atoms with Crippen LogP contribution in [0.4, 0.5) is 0 Å². The average molecular weight is 267 g/mol. The van der Waals surface area contributed by atoms with Crippen LogP contribution in [0.2, 0.25) is 0 Å². The second kappa shape index (κ2) is 6.25. The first-order chi connectivity index (χ1) is 9.15. The first-order valence-corrected chi connectivity index (χ1v) is 6.83. The predicted molar refractivity (Wildman–Crippen MR) is 68.8 cm³/mol. The number of rotatable bonds is 5. The van der Waals surface area contributed by atoms with Gasteiger partial charge in [0.2, 0.25) is 11.7 Å². The molecule has 6 nitrogen and oxygen atoms in total. The third-order valence-electron chi connectivity index (χ3n) is 3.54. The zero-order valence-electron chi connectivity index (χ0n) is 11.8. The van der Waals surface area contributed by atoms with Crippen LogP contribution < -0.4 is 0 Å². The number of hydrogen-bond acceptors (Lipinski definition) is 6. The van der Waals surface area contributed by atoms with E-state index >= 15 is 0 Å². The second-order valence-corrected chi connectivity index (χ2v) is 4.81. The van der Waals surface area contributed by atoms with Crippen molar-refractivity contribution in [2.24, 2.45) is 0 Å². The van der Waals surface area contributed by atoms with Gasteiger partial charge in [-0.05, 0) is 19.9 Å². The van der Waals surface area contributed by atoms with Crippen LogP contribution in [0.15, 0.2) is 4.52 Å². The third-order valence-corrected chi connectivity index (χ3v) is 3.54. The van der Waals surface area contributed by atoms with Crippen molar-refractivity contribution in [3.63, 3.8) is 0 Å². The number of carbonyl (C=O) groups excluding carboxylic acids is 1. The summed E-state index contributed by atoms with van der Waals surface area (Å²) >= 11 is 0. The van der Waals surface area contributed by atoms with E-state index in [-0.39, 0.29) is 17.8 Å². The van der Waals surface area contributed by atoms with Crippen molar-refractivity contribution in [1.29, 1.82) is 0 Å². The van der Waals surface area contributed by atoms with Crippen molar-refractivity contribution < 1.29 is 14.1 Å². The summed E-state index contributed by atoms with van der Waals surface area (Å²) in [6, 6.07) is 0. The van der Waals surface area contributed by atoms with Crippen molar-refractivity contribution in [3.8, 4) is 0 Å². The van der Waals surface area contributed by atoms with E-state index in [2.05, 4.69) is 22.0 Å². The van der Waals surface area contributed by atoms with Gasteiger partial charge in [-0.3, -0.25) is 9.69 Å². The fourth-order valence-electron chi connectivity index (χ4n) is 2.30. The molecule has 2 unspecified atom stereocenters. The van der Waals surface area contributed by atoms with Crippen LogP contribution in [0.3, 0.4) is 0 Å². The van der Waals surface area contributed by atoms with Gasteiger partial charge in [0, 0.05) is 13.1 Å². The molecule has 0 saturated carbocycles. The zero-order chi connectivity index (χ0) is 13.8. The Balaban J connectivity index is 2.09. The number of nitrogens with zero attached hydrogens (tertiary/aromatic N) is 3. The van der Waals surface area contributed by atoms with Gasteiger partial charge in [-0.15, -0.1) is 0 Å². The molecular weight excluding hydrogens is 246 g/mol. The minimum Gasteiger partial charge on any atom is -0.367 e. The molecule has 19 heavy (non-hydrogen) atoms. The van der Waals surface area contributed by atoms with E-state index in [1.807, 2.05) is 6.92 Å². The van der Waals surface area contributed by atoms with Gasteiger partial charge in [0.05, 0.1) is 12.5 Å². The summed E-state index contributed by atoms with van der Waals surface area (Å²) < 4.78 is 10.9.